The molecule has 8 nitrogen and oxygen atoms in total. The van der Waals surface area contributed by atoms with E-state index in [0.717, 1.165) is 16.7 Å². The molecule has 212 valence electrons. The van der Waals surface area contributed by atoms with Gasteiger partial charge >= 0.3 is 0 Å². The molecule has 3 amide bonds. The van der Waals surface area contributed by atoms with Gasteiger partial charge < -0.3 is 15.4 Å². The van der Waals surface area contributed by atoms with Gasteiger partial charge in [-0.1, -0.05) is 98.8 Å². The second kappa shape index (κ2) is 15.5. The zero-order valence-electron chi connectivity index (χ0n) is 23.3. The average Bonchev–Trinajstić information content (AvgIpc) is 2.96. The highest BCUT2D eigenvalue weighted by atomic mass is 16.5. The summed E-state index contributed by atoms with van der Waals surface area (Å²) in [7, 11) is 1.58. The molecule has 3 aromatic rings. The van der Waals surface area contributed by atoms with Crippen molar-refractivity contribution in [3.05, 3.63) is 96.1 Å². The number of methoxy groups -OCH3 is 1. The summed E-state index contributed by atoms with van der Waals surface area (Å²) in [6.07, 6.45) is 0.781. The fourth-order valence-electron chi connectivity index (χ4n) is 4.72. The molecule has 3 atom stereocenters. The van der Waals surface area contributed by atoms with E-state index in [-0.39, 0.29) is 24.3 Å². The molecule has 0 aliphatic rings. The summed E-state index contributed by atoms with van der Waals surface area (Å²) in [5.41, 5.74) is 5.27. The van der Waals surface area contributed by atoms with Gasteiger partial charge in [-0.05, 0) is 41.0 Å². The molecular weight excluding hydrogens is 506 g/mol. The first-order valence-corrected chi connectivity index (χ1v) is 13.5. The Morgan fingerprint density at radius 1 is 0.800 bits per heavy atom. The van der Waals surface area contributed by atoms with Gasteiger partial charge in [-0.15, -0.1) is 0 Å². The smallest absolute Gasteiger partial charge is 0.247 e. The molecule has 4 N–H and O–H groups in total. The SMILES string of the molecule is COC[C@H](Cc1ccccc1)NC(=O)[C@H](NC(=O)[C@@H](CC(=O)NO)CC(C)C)c1ccc(-c2ccccc2)cc1. The van der Waals surface area contributed by atoms with Crippen LogP contribution in [0.5, 0.6) is 0 Å². The van der Waals surface area contributed by atoms with Gasteiger partial charge in [0.1, 0.15) is 6.04 Å². The number of benzene rings is 3. The minimum absolute atomic E-state index is 0.122. The molecule has 3 rings (SSSR count). The summed E-state index contributed by atoms with van der Waals surface area (Å²) < 4.78 is 5.38. The van der Waals surface area contributed by atoms with E-state index in [0.29, 0.717) is 25.0 Å². The highest BCUT2D eigenvalue weighted by Crippen LogP contribution is 2.24. The predicted molar refractivity (Wildman–Crippen MR) is 154 cm³/mol. The van der Waals surface area contributed by atoms with Gasteiger partial charge in [-0.25, -0.2) is 5.48 Å². The standard InChI is InChI=1S/C32H39N3O5/c1-22(2)18-27(20-29(36)35-39)31(37)34-30(26-16-14-25(15-17-26)24-12-8-5-9-13-24)32(38)33-28(21-40-3)19-23-10-6-4-7-11-23/h4-17,22,27-28,30,39H,18-21H2,1-3H3,(H,33,38)(H,34,37)(H,35,36)/t27-,28+,30-/m1/s1. The summed E-state index contributed by atoms with van der Waals surface area (Å²) in [6.45, 7) is 4.19. The summed E-state index contributed by atoms with van der Waals surface area (Å²) >= 11 is 0. The number of nitrogens with one attached hydrogen (secondary N) is 3. The van der Waals surface area contributed by atoms with Crippen molar-refractivity contribution in [2.75, 3.05) is 13.7 Å². The number of hydrogen-bond donors (Lipinski definition) is 4. The molecule has 0 unspecified atom stereocenters. The van der Waals surface area contributed by atoms with E-state index in [1.165, 1.54) is 0 Å². The Morgan fingerprint density at radius 3 is 1.98 bits per heavy atom. The summed E-state index contributed by atoms with van der Waals surface area (Å²) in [5, 5.41) is 15.0. The molecule has 3 aromatic carbocycles. The van der Waals surface area contributed by atoms with E-state index in [4.69, 9.17) is 9.94 Å². The van der Waals surface area contributed by atoms with E-state index in [9.17, 15) is 14.4 Å². The first kappa shape index (κ1) is 30.5. The zero-order valence-corrected chi connectivity index (χ0v) is 23.3. The Kier molecular flexibility index (Phi) is 11.9. The lowest BCUT2D eigenvalue weighted by molar-refractivity contribution is -0.136. The lowest BCUT2D eigenvalue weighted by Gasteiger charge is -2.26. The van der Waals surface area contributed by atoms with Crippen LogP contribution >= 0.6 is 0 Å². The Balaban J connectivity index is 1.88. The van der Waals surface area contributed by atoms with Crippen LogP contribution in [0.15, 0.2) is 84.9 Å². The Hall–Kier alpha value is -4.01. The van der Waals surface area contributed by atoms with Gasteiger partial charge in [0.2, 0.25) is 17.7 Å². The van der Waals surface area contributed by atoms with E-state index in [2.05, 4.69) is 10.6 Å². The molecule has 0 aromatic heterocycles. The highest BCUT2D eigenvalue weighted by molar-refractivity contribution is 5.91. The molecule has 0 spiro atoms. The predicted octanol–water partition coefficient (Wildman–Crippen LogP) is 4.44. The van der Waals surface area contributed by atoms with Gasteiger partial charge in [0.15, 0.2) is 0 Å². The molecule has 0 aliphatic carbocycles. The van der Waals surface area contributed by atoms with Crippen molar-refractivity contribution in [1.82, 2.24) is 16.1 Å². The molecule has 0 radical (unpaired) electrons. The van der Waals surface area contributed by atoms with Crippen molar-refractivity contribution < 1.29 is 24.3 Å². The summed E-state index contributed by atoms with van der Waals surface area (Å²) in [4.78, 5) is 39.1. The number of carbonyl (C=O) groups excluding carboxylic acids is 3. The van der Waals surface area contributed by atoms with Crippen LogP contribution in [0.4, 0.5) is 0 Å². The lowest BCUT2D eigenvalue weighted by atomic mass is 9.92. The first-order valence-electron chi connectivity index (χ1n) is 13.5. The van der Waals surface area contributed by atoms with Crippen LogP contribution < -0.4 is 16.1 Å². The van der Waals surface area contributed by atoms with E-state index in [1.54, 1.807) is 12.6 Å². The fourth-order valence-corrected chi connectivity index (χ4v) is 4.72. The number of amides is 3. The maximum Gasteiger partial charge on any atom is 0.247 e. The molecule has 0 bridgehead atoms. The van der Waals surface area contributed by atoms with Crippen molar-refractivity contribution in [1.29, 1.82) is 0 Å². The maximum atomic E-state index is 13.7. The van der Waals surface area contributed by atoms with Crippen LogP contribution in [0.1, 0.15) is 43.9 Å². The Morgan fingerprint density at radius 2 is 1.40 bits per heavy atom. The van der Waals surface area contributed by atoms with E-state index < -0.39 is 23.8 Å². The number of ether oxygens (including phenoxy) is 1. The topological polar surface area (TPSA) is 117 Å². The van der Waals surface area contributed by atoms with Crippen molar-refractivity contribution in [2.45, 2.75) is 45.2 Å². The largest absolute Gasteiger partial charge is 0.383 e. The summed E-state index contributed by atoms with van der Waals surface area (Å²) in [5.74, 6) is -2.07. The van der Waals surface area contributed by atoms with Crippen LogP contribution in [0.3, 0.4) is 0 Å². The maximum absolute atomic E-state index is 13.7. The van der Waals surface area contributed by atoms with E-state index >= 15 is 0 Å². The second-order valence-electron chi connectivity index (χ2n) is 10.3. The van der Waals surface area contributed by atoms with Gasteiger partial charge in [-0.2, -0.15) is 0 Å². The molecule has 0 fully saturated rings. The molecule has 0 heterocycles. The van der Waals surface area contributed by atoms with Gasteiger partial charge in [-0.3, -0.25) is 19.6 Å². The number of hydroxylamine groups is 1. The molecule has 0 aliphatic heterocycles. The van der Waals surface area contributed by atoms with Gasteiger partial charge in [0.25, 0.3) is 0 Å². The highest BCUT2D eigenvalue weighted by Gasteiger charge is 2.30. The number of carbonyl (C=O) groups is 3. The molecular formula is C32H39N3O5. The van der Waals surface area contributed by atoms with Crippen LogP contribution in [0.25, 0.3) is 11.1 Å². The van der Waals surface area contributed by atoms with Gasteiger partial charge in [0, 0.05) is 19.4 Å². The number of hydrogen-bond acceptors (Lipinski definition) is 5. The lowest BCUT2D eigenvalue weighted by Crippen LogP contribution is -2.48. The van der Waals surface area contributed by atoms with Gasteiger partial charge in [0.05, 0.1) is 12.6 Å². The van der Waals surface area contributed by atoms with Crippen molar-refractivity contribution in [3.8, 4) is 11.1 Å². The Bertz CT molecular complexity index is 1220. The first-order chi connectivity index (χ1) is 19.3. The zero-order chi connectivity index (χ0) is 28.9. The van der Waals surface area contributed by atoms with E-state index in [1.807, 2.05) is 98.8 Å². The monoisotopic (exact) mass is 545 g/mol. The second-order valence-corrected chi connectivity index (χ2v) is 10.3. The van der Waals surface area contributed by atoms with Crippen molar-refractivity contribution in [2.24, 2.45) is 11.8 Å². The molecule has 40 heavy (non-hydrogen) atoms. The van der Waals surface area contributed by atoms with Crippen molar-refractivity contribution >= 4 is 17.7 Å². The Labute approximate surface area is 236 Å². The average molecular weight is 546 g/mol. The van der Waals surface area contributed by atoms with Crippen LogP contribution in [-0.4, -0.2) is 42.7 Å². The third-order valence-electron chi connectivity index (χ3n) is 6.62. The van der Waals surface area contributed by atoms with Crippen LogP contribution in [0.2, 0.25) is 0 Å². The summed E-state index contributed by atoms with van der Waals surface area (Å²) in [6, 6.07) is 25.8. The normalized spacial score (nSPS) is 13.2. The quantitative estimate of drug-likeness (QED) is 0.177. The third kappa shape index (κ3) is 9.32. The third-order valence-corrected chi connectivity index (χ3v) is 6.62. The molecule has 8 heteroatoms. The fraction of sp³-hybridized carbons (Fsp3) is 0.344. The molecule has 0 saturated heterocycles. The minimum Gasteiger partial charge on any atom is -0.383 e. The van der Waals surface area contributed by atoms with Crippen molar-refractivity contribution in [3.63, 3.8) is 0 Å². The van der Waals surface area contributed by atoms with Crippen LogP contribution in [0, 0.1) is 11.8 Å². The minimum atomic E-state index is -1.00. The number of rotatable bonds is 14. The van der Waals surface area contributed by atoms with Crippen LogP contribution in [-0.2, 0) is 25.5 Å². The molecule has 0 saturated carbocycles.